The van der Waals surface area contributed by atoms with Crippen molar-refractivity contribution in [3.05, 3.63) is 60.2 Å². The lowest BCUT2D eigenvalue weighted by atomic mass is 10.1. The van der Waals surface area contributed by atoms with Gasteiger partial charge >= 0.3 is 0 Å². The molecule has 0 radical (unpaired) electrons. The molecule has 1 atom stereocenters. The summed E-state index contributed by atoms with van der Waals surface area (Å²) in [5.74, 6) is -0.356. The summed E-state index contributed by atoms with van der Waals surface area (Å²) in [6.45, 7) is 3.11. The first kappa shape index (κ1) is 21.7. The number of benzene rings is 2. The zero-order valence-electron chi connectivity index (χ0n) is 18.3. The van der Waals surface area contributed by atoms with Crippen molar-refractivity contribution >= 4 is 34.7 Å². The van der Waals surface area contributed by atoms with Crippen LogP contribution in [0.1, 0.15) is 49.4 Å². The molecule has 4 rings (SSSR count). The van der Waals surface area contributed by atoms with E-state index < -0.39 is 6.04 Å². The molecule has 0 bridgehead atoms. The fourth-order valence-electron chi connectivity index (χ4n) is 4.14. The van der Waals surface area contributed by atoms with Crippen molar-refractivity contribution in [2.45, 2.75) is 45.1 Å². The minimum absolute atomic E-state index is 0.0350. The van der Waals surface area contributed by atoms with Gasteiger partial charge in [-0.3, -0.25) is 19.4 Å². The van der Waals surface area contributed by atoms with Crippen LogP contribution in [-0.4, -0.2) is 47.3 Å². The molecule has 0 aromatic heterocycles. The summed E-state index contributed by atoms with van der Waals surface area (Å²) in [5, 5.41) is 8.88. The Labute approximate surface area is 188 Å². The second kappa shape index (κ2) is 9.77. The maximum Gasteiger partial charge on any atom is 0.271 e. The first-order valence-electron chi connectivity index (χ1n) is 11.2. The fourth-order valence-corrected chi connectivity index (χ4v) is 4.14. The van der Waals surface area contributed by atoms with Gasteiger partial charge in [0.05, 0.1) is 5.69 Å². The molecule has 2 heterocycles. The number of nitrogens with zero attached hydrogens (tertiary/aromatic N) is 3. The minimum Gasteiger partial charge on any atom is -0.339 e. The molecule has 32 heavy (non-hydrogen) atoms. The predicted octanol–water partition coefficient (Wildman–Crippen LogP) is 3.87. The van der Waals surface area contributed by atoms with Crippen LogP contribution in [0.3, 0.4) is 0 Å². The summed E-state index contributed by atoms with van der Waals surface area (Å²) in [7, 11) is 0. The lowest BCUT2D eigenvalue weighted by Gasteiger charge is -2.20. The van der Waals surface area contributed by atoms with E-state index >= 15 is 0 Å². The summed E-state index contributed by atoms with van der Waals surface area (Å²) in [4.78, 5) is 39.6. The molecule has 2 aromatic rings. The van der Waals surface area contributed by atoms with Gasteiger partial charge in [-0.25, -0.2) is 0 Å². The van der Waals surface area contributed by atoms with Gasteiger partial charge in [0.25, 0.3) is 11.8 Å². The summed E-state index contributed by atoms with van der Waals surface area (Å²) in [6, 6.07) is 15.8. The number of para-hydroxylation sites is 1. The topological polar surface area (TPSA) is 82.1 Å². The number of hydrogen-bond donors (Lipinski definition) is 1. The minimum atomic E-state index is -0.494. The van der Waals surface area contributed by atoms with Crippen molar-refractivity contribution in [3.8, 4) is 0 Å². The van der Waals surface area contributed by atoms with E-state index in [4.69, 9.17) is 0 Å². The van der Waals surface area contributed by atoms with E-state index in [0.29, 0.717) is 17.0 Å². The van der Waals surface area contributed by atoms with E-state index in [2.05, 4.69) is 10.4 Å². The first-order valence-corrected chi connectivity index (χ1v) is 11.2. The molecule has 166 valence electrons. The maximum atomic E-state index is 12.8. The van der Waals surface area contributed by atoms with Gasteiger partial charge in [0.1, 0.15) is 11.8 Å². The Balaban J connectivity index is 1.43. The van der Waals surface area contributed by atoms with E-state index in [1.54, 1.807) is 29.3 Å². The van der Waals surface area contributed by atoms with Gasteiger partial charge < -0.3 is 10.2 Å². The normalized spacial score (nSPS) is 18.7. The average molecular weight is 433 g/mol. The van der Waals surface area contributed by atoms with Gasteiger partial charge in [0.15, 0.2) is 5.78 Å². The molecule has 2 aliphatic heterocycles. The van der Waals surface area contributed by atoms with E-state index in [-0.39, 0.29) is 24.0 Å². The molecule has 0 saturated carbocycles. The van der Waals surface area contributed by atoms with Crippen molar-refractivity contribution in [2.75, 3.05) is 23.4 Å². The van der Waals surface area contributed by atoms with Crippen LogP contribution in [0.5, 0.6) is 0 Å². The van der Waals surface area contributed by atoms with E-state index in [9.17, 15) is 14.4 Å². The molecule has 1 unspecified atom stereocenters. The smallest absolute Gasteiger partial charge is 0.271 e. The van der Waals surface area contributed by atoms with Crippen molar-refractivity contribution in [1.29, 1.82) is 0 Å². The number of carbonyl (C=O) groups excluding carboxylic acids is 3. The summed E-state index contributed by atoms with van der Waals surface area (Å²) in [5.41, 5.74) is 2.28. The lowest BCUT2D eigenvalue weighted by molar-refractivity contribution is -0.118. The lowest BCUT2D eigenvalue weighted by Crippen LogP contribution is -2.33. The monoisotopic (exact) mass is 432 g/mol. The van der Waals surface area contributed by atoms with Gasteiger partial charge in [-0.1, -0.05) is 31.0 Å². The molecule has 0 aliphatic carbocycles. The third-order valence-corrected chi connectivity index (χ3v) is 5.95. The van der Waals surface area contributed by atoms with Gasteiger partial charge in [-0.05, 0) is 56.2 Å². The Morgan fingerprint density at radius 3 is 2.19 bits per heavy atom. The van der Waals surface area contributed by atoms with Gasteiger partial charge in [0, 0.05) is 30.8 Å². The number of ketones is 1. The molecule has 2 aromatic carbocycles. The highest BCUT2D eigenvalue weighted by Crippen LogP contribution is 2.25. The van der Waals surface area contributed by atoms with Crippen LogP contribution in [0.25, 0.3) is 0 Å². The highest BCUT2D eigenvalue weighted by molar-refractivity contribution is 6.44. The van der Waals surface area contributed by atoms with Crippen LogP contribution in [0, 0.1) is 0 Å². The second-order valence-corrected chi connectivity index (χ2v) is 8.30. The maximum absolute atomic E-state index is 12.8. The number of anilines is 2. The second-order valence-electron chi connectivity index (χ2n) is 8.30. The Hall–Kier alpha value is -3.48. The highest BCUT2D eigenvalue weighted by Gasteiger charge is 2.34. The highest BCUT2D eigenvalue weighted by atomic mass is 16.2. The quantitative estimate of drug-likeness (QED) is 0.778. The van der Waals surface area contributed by atoms with E-state index in [1.807, 2.05) is 35.2 Å². The number of hydrogen-bond acceptors (Lipinski definition) is 5. The average Bonchev–Trinajstić information content (AvgIpc) is 3.09. The molecule has 0 spiro atoms. The summed E-state index contributed by atoms with van der Waals surface area (Å²) >= 11 is 0. The fraction of sp³-hybridized carbons (Fsp3) is 0.360. The van der Waals surface area contributed by atoms with Crippen LogP contribution in [0.2, 0.25) is 0 Å². The summed E-state index contributed by atoms with van der Waals surface area (Å²) in [6.07, 6.45) is 4.68. The number of hydrazone groups is 1. The Bertz CT molecular complexity index is 1010. The van der Waals surface area contributed by atoms with Crippen LogP contribution in [0.4, 0.5) is 11.4 Å². The van der Waals surface area contributed by atoms with Crippen LogP contribution in [-0.2, 0) is 9.59 Å². The zero-order chi connectivity index (χ0) is 22.5. The van der Waals surface area contributed by atoms with Crippen molar-refractivity contribution in [3.63, 3.8) is 0 Å². The van der Waals surface area contributed by atoms with Crippen molar-refractivity contribution in [2.24, 2.45) is 5.10 Å². The van der Waals surface area contributed by atoms with Crippen LogP contribution >= 0.6 is 0 Å². The molecular formula is C25H28N4O3. The number of likely N-dealkylation sites (tertiary alicyclic amines) is 1. The number of amides is 2. The van der Waals surface area contributed by atoms with Crippen molar-refractivity contribution in [1.82, 2.24) is 4.90 Å². The number of nitrogens with one attached hydrogen (secondary N) is 1. The third kappa shape index (κ3) is 4.88. The predicted molar refractivity (Wildman–Crippen MR) is 125 cm³/mol. The molecule has 7 heteroatoms. The first-order chi connectivity index (χ1) is 15.5. The molecule has 2 amide bonds. The standard InChI is InChI=1S/C25H28N4O3/c1-18(30)23-17-22(27-29(23)21-9-5-4-6-10-21)24(31)26-20-13-11-19(12-14-20)25(32)28-15-7-2-3-8-16-28/h4-6,9-14,23H,2-3,7-8,15-17H2,1H3,(H,26,31). The zero-order valence-corrected chi connectivity index (χ0v) is 18.3. The van der Waals surface area contributed by atoms with Gasteiger partial charge in [-0.2, -0.15) is 5.10 Å². The molecule has 7 nitrogen and oxygen atoms in total. The van der Waals surface area contributed by atoms with Crippen LogP contribution in [0.15, 0.2) is 59.7 Å². The molecule has 2 aliphatic rings. The molecular weight excluding hydrogens is 404 g/mol. The SMILES string of the molecule is CC(=O)C1CC(C(=O)Nc2ccc(C(=O)N3CCCCCC3)cc2)=NN1c1ccccc1. The Kier molecular flexibility index (Phi) is 6.63. The Morgan fingerprint density at radius 1 is 0.906 bits per heavy atom. The molecule has 1 N–H and O–H groups in total. The van der Waals surface area contributed by atoms with Crippen molar-refractivity contribution < 1.29 is 14.4 Å². The number of rotatable bonds is 5. The van der Waals surface area contributed by atoms with E-state index in [1.165, 1.54) is 19.8 Å². The van der Waals surface area contributed by atoms with Crippen LogP contribution < -0.4 is 10.3 Å². The molecule has 1 fully saturated rings. The largest absolute Gasteiger partial charge is 0.339 e. The van der Waals surface area contributed by atoms with Gasteiger partial charge in [0.2, 0.25) is 0 Å². The Morgan fingerprint density at radius 2 is 1.56 bits per heavy atom. The van der Waals surface area contributed by atoms with E-state index in [0.717, 1.165) is 31.6 Å². The summed E-state index contributed by atoms with van der Waals surface area (Å²) < 4.78 is 0. The van der Waals surface area contributed by atoms with Gasteiger partial charge in [-0.15, -0.1) is 0 Å². The number of carbonyl (C=O) groups is 3. The number of Topliss-reactive ketones (excluding diaryl/α,β-unsaturated/α-hetero) is 1. The third-order valence-electron chi connectivity index (χ3n) is 5.95. The molecule has 1 saturated heterocycles.